The van der Waals surface area contributed by atoms with Gasteiger partial charge in [-0.25, -0.2) is 17.5 Å². The monoisotopic (exact) mass is 612 g/mol. The summed E-state index contributed by atoms with van der Waals surface area (Å²) >= 11 is 0. The summed E-state index contributed by atoms with van der Waals surface area (Å²) < 4.78 is 38.0. The number of carbonyl (C=O) groups is 2. The average Bonchev–Trinajstić information content (AvgIpc) is 3.00. The van der Waals surface area contributed by atoms with E-state index in [1.807, 2.05) is 0 Å². The minimum absolute atomic E-state index is 0.0188. The lowest BCUT2D eigenvalue weighted by Crippen LogP contribution is -2.35. The molecule has 0 unspecified atom stereocenters. The third-order valence-electron chi connectivity index (χ3n) is 6.66. The van der Waals surface area contributed by atoms with E-state index >= 15 is 0 Å². The maximum atomic E-state index is 13.3. The quantitative estimate of drug-likeness (QED) is 0.218. The van der Waals surface area contributed by atoms with Gasteiger partial charge in [0.05, 0.1) is 36.4 Å². The molecule has 0 fully saturated rings. The number of aromatic nitrogens is 3. The molecular formula is C32H28N4O7S. The van der Waals surface area contributed by atoms with Gasteiger partial charge in [0.1, 0.15) is 5.75 Å². The van der Waals surface area contributed by atoms with Crippen LogP contribution in [0.1, 0.15) is 38.9 Å². The van der Waals surface area contributed by atoms with Crippen LogP contribution in [-0.2, 0) is 21.3 Å². The maximum absolute atomic E-state index is 13.3. The summed E-state index contributed by atoms with van der Waals surface area (Å²) in [6, 6.07) is 24.1. The predicted molar refractivity (Wildman–Crippen MR) is 164 cm³/mol. The van der Waals surface area contributed by atoms with Crippen molar-refractivity contribution in [2.45, 2.75) is 20.4 Å². The van der Waals surface area contributed by atoms with Gasteiger partial charge in [0.25, 0.3) is 11.5 Å². The fraction of sp³-hybridized carbons (Fsp3) is 0.156. The molecule has 0 aliphatic rings. The van der Waals surface area contributed by atoms with Gasteiger partial charge in [0.2, 0.25) is 10.0 Å². The van der Waals surface area contributed by atoms with Crippen LogP contribution in [0.2, 0.25) is 0 Å². The van der Waals surface area contributed by atoms with Crippen molar-refractivity contribution in [1.82, 2.24) is 18.8 Å². The minimum Gasteiger partial charge on any atom is -0.462 e. The minimum atomic E-state index is -3.88. The van der Waals surface area contributed by atoms with Crippen LogP contribution in [0, 0.1) is 6.92 Å². The van der Waals surface area contributed by atoms with E-state index in [0.29, 0.717) is 33.6 Å². The van der Waals surface area contributed by atoms with E-state index in [4.69, 9.17) is 9.47 Å². The van der Waals surface area contributed by atoms with Crippen molar-refractivity contribution >= 4 is 32.9 Å². The standard InChI is InChI=1S/C32H28N4O7S/c1-4-42-31(39)24-12-16-26(17-13-24)43-32-33-21(2)27-18-19-28(37)36(29(27)34-32)25-14-10-23(11-15-25)30(38)35(44(3,40)41)20-22-8-6-5-7-9-22/h5-19H,4,20H2,1-3H3. The number of rotatable bonds is 9. The zero-order valence-corrected chi connectivity index (χ0v) is 24.9. The number of ether oxygens (including phenoxy) is 2. The van der Waals surface area contributed by atoms with Crippen molar-refractivity contribution in [1.29, 1.82) is 0 Å². The summed E-state index contributed by atoms with van der Waals surface area (Å²) in [6.07, 6.45) is 0.980. The number of sulfonamides is 1. The van der Waals surface area contributed by atoms with Crippen molar-refractivity contribution in [3.8, 4) is 17.4 Å². The fourth-order valence-electron chi connectivity index (χ4n) is 4.50. The molecule has 12 heteroatoms. The first kappa shape index (κ1) is 30.1. The summed E-state index contributed by atoms with van der Waals surface area (Å²) in [4.78, 5) is 47.3. The second-order valence-electron chi connectivity index (χ2n) is 9.79. The van der Waals surface area contributed by atoms with Gasteiger partial charge in [0.15, 0.2) is 5.65 Å². The molecule has 0 saturated heterocycles. The molecule has 0 saturated carbocycles. The first-order valence-electron chi connectivity index (χ1n) is 13.6. The molecule has 0 spiro atoms. The second-order valence-corrected chi connectivity index (χ2v) is 11.7. The Hall–Kier alpha value is -5.36. The molecule has 224 valence electrons. The van der Waals surface area contributed by atoms with Crippen molar-refractivity contribution in [2.75, 3.05) is 12.9 Å². The first-order valence-corrected chi connectivity index (χ1v) is 15.4. The van der Waals surface area contributed by atoms with Crippen LogP contribution in [0.25, 0.3) is 16.7 Å². The van der Waals surface area contributed by atoms with E-state index in [2.05, 4.69) is 9.97 Å². The van der Waals surface area contributed by atoms with Gasteiger partial charge in [-0.2, -0.15) is 9.97 Å². The first-order chi connectivity index (χ1) is 21.0. The molecule has 0 aliphatic heterocycles. The molecule has 0 bridgehead atoms. The highest BCUT2D eigenvalue weighted by Gasteiger charge is 2.25. The molecule has 44 heavy (non-hydrogen) atoms. The highest BCUT2D eigenvalue weighted by Crippen LogP contribution is 2.24. The SMILES string of the molecule is CCOC(=O)c1ccc(Oc2nc(C)c3ccc(=O)n(-c4ccc(C(=O)N(Cc5ccccc5)S(C)(=O)=O)cc4)c3n2)cc1. The molecule has 0 aliphatic carbocycles. The van der Waals surface area contributed by atoms with Crippen molar-refractivity contribution < 1.29 is 27.5 Å². The Balaban J connectivity index is 1.47. The fourth-order valence-corrected chi connectivity index (χ4v) is 5.29. The number of amides is 1. The lowest BCUT2D eigenvalue weighted by atomic mass is 10.1. The second kappa shape index (κ2) is 12.5. The van der Waals surface area contributed by atoms with E-state index in [0.717, 1.165) is 10.6 Å². The highest BCUT2D eigenvalue weighted by molar-refractivity contribution is 7.88. The van der Waals surface area contributed by atoms with Crippen LogP contribution in [0.3, 0.4) is 0 Å². The lowest BCUT2D eigenvalue weighted by Gasteiger charge is -2.21. The largest absolute Gasteiger partial charge is 0.462 e. The van der Waals surface area contributed by atoms with E-state index in [9.17, 15) is 22.8 Å². The van der Waals surface area contributed by atoms with Gasteiger partial charge in [-0.05, 0) is 74.0 Å². The number of pyridine rings is 1. The molecule has 11 nitrogen and oxygen atoms in total. The third-order valence-corrected chi connectivity index (χ3v) is 7.76. The van der Waals surface area contributed by atoms with Gasteiger partial charge in [-0.3, -0.25) is 14.2 Å². The third kappa shape index (κ3) is 6.50. The van der Waals surface area contributed by atoms with Crippen molar-refractivity contribution in [3.05, 3.63) is 124 Å². The van der Waals surface area contributed by atoms with E-state index in [1.165, 1.54) is 22.8 Å². The molecule has 2 heterocycles. The molecule has 1 amide bonds. The molecule has 5 aromatic rings. The number of nitrogens with zero attached hydrogens (tertiary/aromatic N) is 4. The zero-order valence-electron chi connectivity index (χ0n) is 24.1. The molecule has 3 aromatic carbocycles. The van der Waals surface area contributed by atoms with Gasteiger partial charge in [-0.15, -0.1) is 0 Å². The molecule has 2 aromatic heterocycles. The Morgan fingerprint density at radius 1 is 0.864 bits per heavy atom. The van der Waals surface area contributed by atoms with E-state index in [1.54, 1.807) is 86.6 Å². The van der Waals surface area contributed by atoms with Crippen LogP contribution in [0.4, 0.5) is 0 Å². The number of benzene rings is 3. The van der Waals surface area contributed by atoms with Gasteiger partial charge < -0.3 is 9.47 Å². The smallest absolute Gasteiger partial charge is 0.338 e. The van der Waals surface area contributed by atoms with Crippen molar-refractivity contribution in [3.63, 3.8) is 0 Å². The Labute approximate surface area is 253 Å². The van der Waals surface area contributed by atoms with Crippen LogP contribution in [0.5, 0.6) is 11.8 Å². The molecule has 0 N–H and O–H groups in total. The Morgan fingerprint density at radius 3 is 2.16 bits per heavy atom. The molecular weight excluding hydrogens is 584 g/mol. The van der Waals surface area contributed by atoms with Gasteiger partial charge in [0, 0.05) is 17.0 Å². The molecule has 0 radical (unpaired) electrons. The summed E-state index contributed by atoms with van der Waals surface area (Å²) in [5, 5.41) is 0.598. The van der Waals surface area contributed by atoms with Crippen molar-refractivity contribution in [2.24, 2.45) is 0 Å². The highest BCUT2D eigenvalue weighted by atomic mass is 32.2. The van der Waals surface area contributed by atoms with E-state index < -0.39 is 21.9 Å². The number of esters is 1. The predicted octanol–water partition coefficient (Wildman–Crippen LogP) is 4.66. The average molecular weight is 613 g/mol. The Morgan fingerprint density at radius 2 is 1.52 bits per heavy atom. The number of hydrogen-bond donors (Lipinski definition) is 0. The van der Waals surface area contributed by atoms with Crippen LogP contribution >= 0.6 is 0 Å². The number of hydrogen-bond acceptors (Lipinski definition) is 9. The Kier molecular flexibility index (Phi) is 8.54. The van der Waals surface area contributed by atoms with Gasteiger partial charge in [-0.1, -0.05) is 30.3 Å². The summed E-state index contributed by atoms with van der Waals surface area (Å²) in [5.41, 5.74) is 1.99. The molecule has 5 rings (SSSR count). The summed E-state index contributed by atoms with van der Waals surface area (Å²) in [5.74, 6) is -0.778. The van der Waals surface area contributed by atoms with E-state index in [-0.39, 0.29) is 35.9 Å². The topological polar surface area (TPSA) is 138 Å². The van der Waals surface area contributed by atoms with Crippen LogP contribution < -0.4 is 10.3 Å². The Bertz CT molecular complexity index is 2010. The van der Waals surface area contributed by atoms with Gasteiger partial charge >= 0.3 is 12.0 Å². The summed E-state index contributed by atoms with van der Waals surface area (Å²) in [7, 11) is -3.88. The van der Waals surface area contributed by atoms with Crippen LogP contribution in [-0.4, -0.2) is 52.0 Å². The number of aryl methyl sites for hydroxylation is 1. The molecule has 0 atom stereocenters. The van der Waals surface area contributed by atoms with Crippen LogP contribution in [0.15, 0.2) is 95.8 Å². The maximum Gasteiger partial charge on any atom is 0.338 e. The summed E-state index contributed by atoms with van der Waals surface area (Å²) in [6.45, 7) is 3.62. The normalized spacial score (nSPS) is 11.2. The number of carbonyl (C=O) groups excluding carboxylic acids is 2. The lowest BCUT2D eigenvalue weighted by molar-refractivity contribution is 0.0526. The zero-order chi connectivity index (χ0) is 31.4. The number of fused-ring (bicyclic) bond motifs is 1.